The predicted molar refractivity (Wildman–Crippen MR) is 45.1 cm³/mol. The van der Waals surface area contributed by atoms with Crippen molar-refractivity contribution in [3.8, 4) is 12.3 Å². The Balaban J connectivity index is 3.28. The quantitative estimate of drug-likeness (QED) is 0.474. The molecule has 0 saturated carbocycles. The molecule has 0 aromatic carbocycles. The number of carboxylic acids is 1. The Morgan fingerprint density at radius 2 is 2.23 bits per heavy atom. The molecule has 0 aliphatic rings. The maximum absolute atomic E-state index is 10.7. The van der Waals surface area contributed by atoms with Crippen molar-refractivity contribution >= 4 is 12.1 Å². The Morgan fingerprint density at radius 1 is 1.54 bits per heavy atom. The number of hydrogen-bond donors (Lipinski definition) is 2. The van der Waals surface area contributed by atoms with Gasteiger partial charge in [0.15, 0.2) is 6.61 Å². The van der Waals surface area contributed by atoms with Crippen LogP contribution in [0.3, 0.4) is 0 Å². The van der Waals surface area contributed by atoms with Crippen LogP contribution < -0.4 is 5.32 Å². The smallest absolute Gasteiger partial charge is 0.408 e. The van der Waals surface area contributed by atoms with Gasteiger partial charge in [-0.1, -0.05) is 5.92 Å². The maximum Gasteiger partial charge on any atom is 0.408 e. The Bertz CT molecular complexity index is 219. The van der Waals surface area contributed by atoms with E-state index in [1.165, 1.54) is 0 Å². The number of carbonyl (C=O) groups excluding carboxylic acids is 1. The van der Waals surface area contributed by atoms with Gasteiger partial charge in [-0.25, -0.2) is 4.79 Å². The lowest BCUT2D eigenvalue weighted by Gasteiger charge is -2.02. The van der Waals surface area contributed by atoms with Crippen LogP contribution in [0.1, 0.15) is 12.8 Å². The fourth-order valence-corrected chi connectivity index (χ4v) is 0.588. The van der Waals surface area contributed by atoms with Crippen molar-refractivity contribution < 1.29 is 19.4 Å². The van der Waals surface area contributed by atoms with Crippen molar-refractivity contribution in [3.63, 3.8) is 0 Å². The van der Waals surface area contributed by atoms with Crippen LogP contribution in [-0.4, -0.2) is 30.3 Å². The number of alkyl carbamates (subject to hydrolysis) is 1. The van der Waals surface area contributed by atoms with Gasteiger partial charge in [-0.2, -0.15) is 0 Å². The summed E-state index contributed by atoms with van der Waals surface area (Å²) in [5, 5.41) is 10.6. The van der Waals surface area contributed by atoms with Crippen molar-refractivity contribution in [3.05, 3.63) is 0 Å². The summed E-state index contributed by atoms with van der Waals surface area (Å²) in [4.78, 5) is 20.7. The first-order chi connectivity index (χ1) is 6.16. The fourth-order valence-electron chi connectivity index (χ4n) is 0.588. The molecule has 0 heterocycles. The Labute approximate surface area is 76.1 Å². The van der Waals surface area contributed by atoms with Crippen LogP contribution in [0.15, 0.2) is 0 Å². The predicted octanol–water partition coefficient (Wildman–Crippen LogP) is 0.211. The fraction of sp³-hybridized carbons (Fsp3) is 0.500. The summed E-state index contributed by atoms with van der Waals surface area (Å²) in [6.45, 7) is 0.195. The largest absolute Gasteiger partial charge is 0.481 e. The molecule has 5 nitrogen and oxygen atoms in total. The van der Waals surface area contributed by atoms with E-state index in [0.29, 0.717) is 6.42 Å². The number of carboxylic acid groups (broad SMARTS) is 1. The summed E-state index contributed by atoms with van der Waals surface area (Å²) in [7, 11) is 0. The third-order valence-corrected chi connectivity index (χ3v) is 1.12. The highest BCUT2D eigenvalue weighted by Gasteiger charge is 2.00. The number of amides is 1. The Kier molecular flexibility index (Phi) is 6.06. The highest BCUT2D eigenvalue weighted by molar-refractivity contribution is 5.68. The van der Waals surface area contributed by atoms with E-state index < -0.39 is 12.1 Å². The van der Waals surface area contributed by atoms with Crippen molar-refractivity contribution in [1.29, 1.82) is 0 Å². The molecule has 0 rings (SSSR count). The molecule has 2 N–H and O–H groups in total. The average molecular weight is 185 g/mol. The van der Waals surface area contributed by atoms with E-state index in [2.05, 4.69) is 16.0 Å². The van der Waals surface area contributed by atoms with Crippen LogP contribution in [-0.2, 0) is 9.53 Å². The molecular formula is C8H11NO4. The van der Waals surface area contributed by atoms with Crippen LogP contribution in [0, 0.1) is 12.3 Å². The first kappa shape index (κ1) is 11.3. The molecule has 0 aliphatic heterocycles. The van der Waals surface area contributed by atoms with Gasteiger partial charge in [-0.3, -0.25) is 4.79 Å². The molecule has 1 amide bonds. The van der Waals surface area contributed by atoms with Crippen LogP contribution in [0.2, 0.25) is 0 Å². The van der Waals surface area contributed by atoms with Gasteiger partial charge >= 0.3 is 12.1 Å². The minimum Gasteiger partial charge on any atom is -0.481 e. The molecule has 0 saturated heterocycles. The molecule has 0 unspecified atom stereocenters. The molecule has 0 aromatic heterocycles. The molecule has 5 heteroatoms. The van der Waals surface area contributed by atoms with Crippen LogP contribution in [0.4, 0.5) is 4.79 Å². The van der Waals surface area contributed by atoms with Gasteiger partial charge in [0.1, 0.15) is 0 Å². The Hall–Kier alpha value is -1.70. The second-order valence-corrected chi connectivity index (χ2v) is 2.20. The minimum absolute atomic E-state index is 0.0232. The van der Waals surface area contributed by atoms with Crippen molar-refractivity contribution in [2.24, 2.45) is 0 Å². The zero-order valence-electron chi connectivity index (χ0n) is 7.08. The van der Waals surface area contributed by atoms with Gasteiger partial charge < -0.3 is 15.2 Å². The van der Waals surface area contributed by atoms with E-state index in [1.54, 1.807) is 0 Å². The van der Waals surface area contributed by atoms with Crippen LogP contribution in [0.5, 0.6) is 0 Å². The molecule has 0 aromatic rings. The molecule has 0 atom stereocenters. The highest BCUT2D eigenvalue weighted by atomic mass is 16.5. The molecule has 0 fully saturated rings. The van der Waals surface area contributed by atoms with Crippen molar-refractivity contribution in [2.45, 2.75) is 12.8 Å². The molecule has 13 heavy (non-hydrogen) atoms. The molecule has 0 radical (unpaired) electrons. The zero-order valence-corrected chi connectivity index (χ0v) is 7.08. The maximum atomic E-state index is 10.7. The molecule has 72 valence electrons. The van der Waals surface area contributed by atoms with Gasteiger partial charge in [-0.15, -0.1) is 6.42 Å². The number of ether oxygens (including phenoxy) is 1. The van der Waals surface area contributed by atoms with Crippen molar-refractivity contribution in [1.82, 2.24) is 5.32 Å². The number of hydrogen-bond acceptors (Lipinski definition) is 3. The number of carbonyl (C=O) groups is 2. The molecule has 0 aliphatic carbocycles. The third-order valence-electron chi connectivity index (χ3n) is 1.12. The normalized spacial score (nSPS) is 8.54. The van der Waals surface area contributed by atoms with E-state index >= 15 is 0 Å². The SMILES string of the molecule is C#CCOC(=O)NCCCC(=O)O. The summed E-state index contributed by atoms with van der Waals surface area (Å²) < 4.78 is 4.46. The van der Waals surface area contributed by atoms with Gasteiger partial charge in [-0.05, 0) is 6.42 Å². The zero-order chi connectivity index (χ0) is 10.1. The summed E-state index contributed by atoms with van der Waals surface area (Å²) in [6.07, 6.45) is 4.62. The highest BCUT2D eigenvalue weighted by Crippen LogP contribution is 1.86. The second kappa shape index (κ2) is 6.98. The lowest BCUT2D eigenvalue weighted by Crippen LogP contribution is -2.25. The van der Waals surface area contributed by atoms with Crippen LogP contribution in [0.25, 0.3) is 0 Å². The van der Waals surface area contributed by atoms with Crippen molar-refractivity contribution in [2.75, 3.05) is 13.2 Å². The van der Waals surface area contributed by atoms with E-state index in [-0.39, 0.29) is 19.6 Å². The van der Waals surface area contributed by atoms with Gasteiger partial charge in [0.05, 0.1) is 0 Å². The Morgan fingerprint density at radius 3 is 2.77 bits per heavy atom. The van der Waals surface area contributed by atoms with E-state index in [9.17, 15) is 9.59 Å². The summed E-state index contributed by atoms with van der Waals surface area (Å²) in [5.41, 5.74) is 0. The summed E-state index contributed by atoms with van der Waals surface area (Å²) >= 11 is 0. The molecule has 0 bridgehead atoms. The number of nitrogens with one attached hydrogen (secondary N) is 1. The number of terminal acetylenes is 1. The lowest BCUT2D eigenvalue weighted by molar-refractivity contribution is -0.137. The van der Waals surface area contributed by atoms with Crippen LogP contribution >= 0.6 is 0 Å². The number of aliphatic carboxylic acids is 1. The van der Waals surface area contributed by atoms with E-state index in [0.717, 1.165) is 0 Å². The third kappa shape index (κ3) is 8.20. The molecular weight excluding hydrogens is 174 g/mol. The van der Waals surface area contributed by atoms with E-state index in [1.807, 2.05) is 0 Å². The van der Waals surface area contributed by atoms with Gasteiger partial charge in [0.25, 0.3) is 0 Å². The lowest BCUT2D eigenvalue weighted by atomic mass is 10.3. The van der Waals surface area contributed by atoms with Gasteiger partial charge in [0.2, 0.25) is 0 Å². The summed E-state index contributed by atoms with van der Waals surface area (Å²) in [5.74, 6) is 1.24. The average Bonchev–Trinajstić information content (AvgIpc) is 2.08. The topological polar surface area (TPSA) is 75.6 Å². The minimum atomic E-state index is -0.890. The van der Waals surface area contributed by atoms with E-state index in [4.69, 9.17) is 11.5 Å². The number of rotatable bonds is 5. The van der Waals surface area contributed by atoms with Gasteiger partial charge in [0, 0.05) is 13.0 Å². The first-order valence-electron chi connectivity index (χ1n) is 3.72. The first-order valence-corrected chi connectivity index (χ1v) is 3.72. The second-order valence-electron chi connectivity index (χ2n) is 2.20. The standard InChI is InChI=1S/C8H11NO4/c1-2-6-13-8(12)9-5-3-4-7(10)11/h1H,3-6H2,(H,9,12)(H,10,11). The monoisotopic (exact) mass is 185 g/mol. The molecule has 0 spiro atoms. The summed E-state index contributed by atoms with van der Waals surface area (Å²) in [6, 6.07) is 0.